The summed E-state index contributed by atoms with van der Waals surface area (Å²) in [7, 11) is 1.84. The van der Waals surface area contributed by atoms with E-state index in [1.54, 1.807) is 10.9 Å². The van der Waals surface area contributed by atoms with Crippen LogP contribution in [0.1, 0.15) is 11.7 Å². The summed E-state index contributed by atoms with van der Waals surface area (Å²) in [6, 6.07) is -0.504. The maximum Gasteiger partial charge on any atom is 0.163 e. The maximum atomic E-state index is 8.93. The molecule has 0 amide bonds. The first-order chi connectivity index (χ1) is 6.74. The molecule has 0 bridgehead atoms. The normalized spacial score (nSPS) is 13.4. The third kappa shape index (κ3) is 1.24. The number of nitrogens with zero attached hydrogens (tertiary/aromatic N) is 4. The van der Waals surface area contributed by atoms with Gasteiger partial charge in [0.2, 0.25) is 0 Å². The zero-order chi connectivity index (χ0) is 10.1. The first kappa shape index (κ1) is 9.04. The van der Waals surface area contributed by atoms with Crippen LogP contribution < -0.4 is 5.73 Å². The van der Waals surface area contributed by atoms with Gasteiger partial charge in [-0.25, -0.2) is 15.0 Å². The second-order valence-corrected chi connectivity index (χ2v) is 3.08. The lowest BCUT2D eigenvalue weighted by molar-refractivity contribution is 0.266. The molecule has 0 fully saturated rings. The van der Waals surface area contributed by atoms with E-state index in [0.29, 0.717) is 11.2 Å². The standard InChI is InChI=1S/C8H11N5O/c1-13-4-12-7-6(5(9)2-14)10-3-11-8(7)13/h3-5,14H,2,9H2,1H3. The number of fused-ring (bicyclic) bond motifs is 1. The summed E-state index contributed by atoms with van der Waals surface area (Å²) in [5.74, 6) is 0. The quantitative estimate of drug-likeness (QED) is 0.661. The molecule has 2 heterocycles. The molecule has 2 rings (SSSR count). The van der Waals surface area contributed by atoms with Crippen molar-refractivity contribution in [3.05, 3.63) is 18.3 Å². The Labute approximate surface area is 80.4 Å². The minimum Gasteiger partial charge on any atom is -0.394 e. The lowest BCUT2D eigenvalue weighted by Gasteiger charge is -2.06. The van der Waals surface area contributed by atoms with Crippen molar-refractivity contribution in [2.24, 2.45) is 12.8 Å². The molecule has 74 valence electrons. The fourth-order valence-corrected chi connectivity index (χ4v) is 1.32. The number of rotatable bonds is 2. The Balaban J connectivity index is 2.65. The van der Waals surface area contributed by atoms with Gasteiger partial charge in [-0.3, -0.25) is 0 Å². The van der Waals surface area contributed by atoms with Crippen LogP contribution in [0, 0.1) is 0 Å². The van der Waals surface area contributed by atoms with E-state index in [0.717, 1.165) is 5.65 Å². The van der Waals surface area contributed by atoms with Crippen LogP contribution in [-0.4, -0.2) is 31.2 Å². The molecule has 0 aliphatic rings. The highest BCUT2D eigenvalue weighted by atomic mass is 16.3. The first-order valence-electron chi connectivity index (χ1n) is 4.22. The van der Waals surface area contributed by atoms with Crippen molar-refractivity contribution in [2.45, 2.75) is 6.04 Å². The van der Waals surface area contributed by atoms with Gasteiger partial charge in [0, 0.05) is 7.05 Å². The second-order valence-electron chi connectivity index (χ2n) is 3.08. The summed E-state index contributed by atoms with van der Waals surface area (Å²) in [4.78, 5) is 12.2. The molecule has 0 saturated carbocycles. The minimum absolute atomic E-state index is 0.150. The van der Waals surface area contributed by atoms with Gasteiger partial charge < -0.3 is 15.4 Å². The average Bonchev–Trinajstić information content (AvgIpc) is 2.59. The average molecular weight is 193 g/mol. The molecular formula is C8H11N5O. The maximum absolute atomic E-state index is 8.93. The summed E-state index contributed by atoms with van der Waals surface area (Å²) in [5, 5.41) is 8.93. The zero-order valence-electron chi connectivity index (χ0n) is 7.75. The predicted molar refractivity (Wildman–Crippen MR) is 50.3 cm³/mol. The third-order valence-corrected chi connectivity index (χ3v) is 2.07. The highest BCUT2D eigenvalue weighted by Crippen LogP contribution is 2.16. The third-order valence-electron chi connectivity index (χ3n) is 2.07. The molecule has 6 nitrogen and oxygen atoms in total. The topological polar surface area (TPSA) is 89.9 Å². The number of nitrogens with two attached hydrogens (primary N) is 1. The van der Waals surface area contributed by atoms with Gasteiger partial charge in [-0.05, 0) is 0 Å². The number of hydrogen-bond donors (Lipinski definition) is 2. The Morgan fingerprint density at radius 2 is 2.29 bits per heavy atom. The van der Waals surface area contributed by atoms with E-state index in [2.05, 4.69) is 15.0 Å². The van der Waals surface area contributed by atoms with Crippen LogP contribution in [0.4, 0.5) is 0 Å². The monoisotopic (exact) mass is 193 g/mol. The van der Waals surface area contributed by atoms with Crippen LogP contribution in [0.5, 0.6) is 0 Å². The minimum atomic E-state index is -0.504. The van der Waals surface area contributed by atoms with E-state index < -0.39 is 6.04 Å². The molecule has 6 heteroatoms. The van der Waals surface area contributed by atoms with Crippen molar-refractivity contribution in [3.8, 4) is 0 Å². The molecule has 3 N–H and O–H groups in total. The van der Waals surface area contributed by atoms with E-state index in [1.165, 1.54) is 6.33 Å². The first-order valence-corrected chi connectivity index (χ1v) is 4.22. The number of aromatic nitrogens is 4. The lowest BCUT2D eigenvalue weighted by Crippen LogP contribution is -2.16. The Morgan fingerprint density at radius 1 is 1.50 bits per heavy atom. The van der Waals surface area contributed by atoms with Crippen molar-refractivity contribution < 1.29 is 5.11 Å². The van der Waals surface area contributed by atoms with Crippen LogP contribution in [-0.2, 0) is 7.05 Å². The van der Waals surface area contributed by atoms with Crippen LogP contribution in [0.2, 0.25) is 0 Å². The van der Waals surface area contributed by atoms with Crippen molar-refractivity contribution in [1.29, 1.82) is 0 Å². The Morgan fingerprint density at radius 3 is 3.00 bits per heavy atom. The second kappa shape index (κ2) is 3.32. The van der Waals surface area contributed by atoms with Gasteiger partial charge in [-0.2, -0.15) is 0 Å². The van der Waals surface area contributed by atoms with Gasteiger partial charge in [0.15, 0.2) is 5.65 Å². The lowest BCUT2D eigenvalue weighted by atomic mass is 10.2. The molecule has 2 aromatic rings. The van der Waals surface area contributed by atoms with Gasteiger partial charge in [-0.1, -0.05) is 0 Å². The smallest absolute Gasteiger partial charge is 0.163 e. The number of imidazole rings is 1. The van der Waals surface area contributed by atoms with E-state index in [9.17, 15) is 0 Å². The molecule has 0 spiro atoms. The van der Waals surface area contributed by atoms with E-state index in [4.69, 9.17) is 10.8 Å². The molecule has 0 aliphatic heterocycles. The summed E-state index contributed by atoms with van der Waals surface area (Å²) >= 11 is 0. The highest BCUT2D eigenvalue weighted by molar-refractivity contribution is 5.73. The molecule has 0 aliphatic carbocycles. The zero-order valence-corrected chi connectivity index (χ0v) is 7.75. The van der Waals surface area contributed by atoms with Gasteiger partial charge in [-0.15, -0.1) is 0 Å². The molecule has 2 aromatic heterocycles. The summed E-state index contributed by atoms with van der Waals surface area (Å²) < 4.78 is 1.78. The molecule has 1 unspecified atom stereocenters. The SMILES string of the molecule is Cn1cnc2c(C(N)CO)ncnc21. The van der Waals surface area contributed by atoms with Crippen molar-refractivity contribution in [3.63, 3.8) is 0 Å². The van der Waals surface area contributed by atoms with Crippen molar-refractivity contribution >= 4 is 11.2 Å². The van der Waals surface area contributed by atoms with Crippen molar-refractivity contribution in [1.82, 2.24) is 19.5 Å². The molecule has 0 radical (unpaired) electrons. The van der Waals surface area contributed by atoms with Gasteiger partial charge in [0.25, 0.3) is 0 Å². The van der Waals surface area contributed by atoms with Crippen LogP contribution >= 0.6 is 0 Å². The molecule has 0 saturated heterocycles. The summed E-state index contributed by atoms with van der Waals surface area (Å²) in [6.45, 7) is -0.150. The van der Waals surface area contributed by atoms with Gasteiger partial charge in [0.1, 0.15) is 11.8 Å². The van der Waals surface area contributed by atoms with Crippen LogP contribution in [0.15, 0.2) is 12.7 Å². The molecule has 14 heavy (non-hydrogen) atoms. The number of aliphatic hydroxyl groups excluding tert-OH is 1. The molecule has 0 aromatic carbocycles. The largest absolute Gasteiger partial charge is 0.394 e. The fraction of sp³-hybridized carbons (Fsp3) is 0.375. The highest BCUT2D eigenvalue weighted by Gasteiger charge is 2.13. The Kier molecular flexibility index (Phi) is 2.14. The predicted octanol–water partition coefficient (Wildman–Crippen LogP) is -0.645. The van der Waals surface area contributed by atoms with E-state index in [-0.39, 0.29) is 6.61 Å². The van der Waals surface area contributed by atoms with Crippen LogP contribution in [0.3, 0.4) is 0 Å². The van der Waals surface area contributed by atoms with E-state index >= 15 is 0 Å². The molecule has 1 atom stereocenters. The number of aryl methyl sites for hydroxylation is 1. The molecular weight excluding hydrogens is 182 g/mol. The Bertz CT molecular complexity index is 452. The summed E-state index contributed by atoms with van der Waals surface area (Å²) in [5.41, 5.74) is 7.63. The van der Waals surface area contributed by atoms with Crippen molar-refractivity contribution in [2.75, 3.05) is 6.61 Å². The van der Waals surface area contributed by atoms with Gasteiger partial charge in [0.05, 0.1) is 24.7 Å². The number of hydrogen-bond acceptors (Lipinski definition) is 5. The van der Waals surface area contributed by atoms with Crippen LogP contribution in [0.25, 0.3) is 11.2 Å². The fourth-order valence-electron chi connectivity index (χ4n) is 1.32. The van der Waals surface area contributed by atoms with Gasteiger partial charge >= 0.3 is 0 Å². The Hall–Kier alpha value is -1.53. The van der Waals surface area contributed by atoms with E-state index in [1.807, 2.05) is 7.05 Å². The summed E-state index contributed by atoms with van der Waals surface area (Å²) in [6.07, 6.45) is 3.07. The number of aliphatic hydroxyl groups is 1.